The van der Waals surface area contributed by atoms with Gasteiger partial charge in [-0.3, -0.25) is 4.79 Å². The number of aromatic nitrogens is 1. The number of benzene rings is 2. The average Bonchev–Trinajstić information content (AvgIpc) is 2.38. The Hall–Kier alpha value is -2.29. The number of nitrogens with one attached hydrogen (secondary N) is 1. The van der Waals surface area contributed by atoms with Crippen molar-refractivity contribution in [2.45, 2.75) is 0 Å². The van der Waals surface area contributed by atoms with E-state index in [0.29, 0.717) is 5.39 Å². The molecule has 0 saturated carbocycles. The van der Waals surface area contributed by atoms with Gasteiger partial charge in [0.05, 0.1) is 12.6 Å². The molecule has 0 bridgehead atoms. The molecule has 0 aliphatic rings. The minimum Gasteiger partial charge on any atom is -0.497 e. The lowest BCUT2D eigenvalue weighted by Gasteiger charge is -2.05. The van der Waals surface area contributed by atoms with Crippen molar-refractivity contribution in [3.63, 3.8) is 0 Å². The van der Waals surface area contributed by atoms with Gasteiger partial charge < -0.3 is 9.72 Å². The number of hydrogen-bond donors (Lipinski definition) is 1. The lowest BCUT2D eigenvalue weighted by Crippen LogP contribution is -2.06. The molecule has 3 aromatic rings. The van der Waals surface area contributed by atoms with Crippen molar-refractivity contribution in [1.29, 1.82) is 0 Å². The van der Waals surface area contributed by atoms with E-state index in [1.807, 2.05) is 42.5 Å². The van der Waals surface area contributed by atoms with Gasteiger partial charge in [-0.2, -0.15) is 0 Å². The maximum atomic E-state index is 11.9. The highest BCUT2D eigenvalue weighted by atomic mass is 16.5. The van der Waals surface area contributed by atoms with E-state index in [9.17, 15) is 4.79 Å². The first kappa shape index (κ1) is 9.90. The van der Waals surface area contributed by atoms with Gasteiger partial charge in [-0.25, -0.2) is 0 Å². The largest absolute Gasteiger partial charge is 0.497 e. The maximum Gasteiger partial charge on any atom is 0.256 e. The molecular formula is C14H11NO2. The molecular weight excluding hydrogens is 214 g/mol. The van der Waals surface area contributed by atoms with Gasteiger partial charge in [0.15, 0.2) is 0 Å². The average molecular weight is 225 g/mol. The molecule has 1 aromatic heterocycles. The Bertz CT molecular complexity index is 759. The third-order valence-corrected chi connectivity index (χ3v) is 2.94. The van der Waals surface area contributed by atoms with Crippen molar-refractivity contribution in [3.8, 4) is 5.75 Å². The van der Waals surface area contributed by atoms with Crippen LogP contribution >= 0.6 is 0 Å². The summed E-state index contributed by atoms with van der Waals surface area (Å²) in [5.74, 6) is 0.739. The van der Waals surface area contributed by atoms with Gasteiger partial charge in [0.2, 0.25) is 0 Å². The molecule has 0 aliphatic carbocycles. The zero-order valence-corrected chi connectivity index (χ0v) is 9.36. The van der Waals surface area contributed by atoms with Crippen LogP contribution in [0.5, 0.6) is 5.75 Å². The van der Waals surface area contributed by atoms with Gasteiger partial charge in [0.1, 0.15) is 5.75 Å². The Morgan fingerprint density at radius 1 is 1.00 bits per heavy atom. The summed E-state index contributed by atoms with van der Waals surface area (Å²) in [7, 11) is 1.61. The number of hydrogen-bond acceptors (Lipinski definition) is 2. The normalized spacial score (nSPS) is 10.9. The van der Waals surface area contributed by atoms with Gasteiger partial charge in [-0.15, -0.1) is 0 Å². The predicted molar refractivity (Wildman–Crippen MR) is 68.6 cm³/mol. The number of fused-ring (bicyclic) bond motifs is 3. The van der Waals surface area contributed by atoms with E-state index < -0.39 is 0 Å². The molecule has 0 amide bonds. The lowest BCUT2D eigenvalue weighted by atomic mass is 10.1. The van der Waals surface area contributed by atoms with Crippen LogP contribution in [0.15, 0.2) is 47.3 Å². The zero-order valence-electron chi connectivity index (χ0n) is 9.36. The highest BCUT2D eigenvalue weighted by molar-refractivity contribution is 6.05. The van der Waals surface area contributed by atoms with Crippen molar-refractivity contribution >= 4 is 21.7 Å². The topological polar surface area (TPSA) is 42.1 Å². The van der Waals surface area contributed by atoms with Crippen LogP contribution in [0.1, 0.15) is 0 Å². The van der Waals surface area contributed by atoms with Crippen molar-refractivity contribution < 1.29 is 4.74 Å². The maximum absolute atomic E-state index is 11.9. The van der Waals surface area contributed by atoms with Crippen LogP contribution in [0.3, 0.4) is 0 Å². The second-order valence-electron chi connectivity index (χ2n) is 3.91. The molecule has 1 N–H and O–H groups in total. The SMILES string of the molecule is COc1ccc2c(c1)[nH]c(=O)c1ccccc12. The Balaban J connectivity index is 2.53. The second kappa shape index (κ2) is 3.63. The van der Waals surface area contributed by atoms with Gasteiger partial charge in [-0.05, 0) is 23.6 Å². The number of pyridine rings is 1. The molecule has 84 valence electrons. The van der Waals surface area contributed by atoms with Crippen LogP contribution in [0.2, 0.25) is 0 Å². The number of aromatic amines is 1. The first-order valence-electron chi connectivity index (χ1n) is 5.38. The Morgan fingerprint density at radius 2 is 1.76 bits per heavy atom. The Morgan fingerprint density at radius 3 is 2.53 bits per heavy atom. The smallest absolute Gasteiger partial charge is 0.256 e. The van der Waals surface area contributed by atoms with Crippen LogP contribution in [0.25, 0.3) is 21.7 Å². The number of ether oxygens (including phenoxy) is 1. The molecule has 0 fully saturated rings. The molecule has 0 radical (unpaired) electrons. The highest BCUT2D eigenvalue weighted by Gasteiger charge is 2.04. The predicted octanol–water partition coefficient (Wildman–Crippen LogP) is 2.69. The summed E-state index contributed by atoms with van der Waals surface area (Å²) in [6.07, 6.45) is 0. The molecule has 2 aromatic carbocycles. The van der Waals surface area contributed by atoms with Crippen LogP contribution in [0.4, 0.5) is 0 Å². The monoisotopic (exact) mass is 225 g/mol. The first-order chi connectivity index (χ1) is 8.29. The van der Waals surface area contributed by atoms with E-state index in [4.69, 9.17) is 4.74 Å². The quantitative estimate of drug-likeness (QED) is 0.647. The van der Waals surface area contributed by atoms with Crippen LogP contribution in [-0.2, 0) is 0 Å². The molecule has 17 heavy (non-hydrogen) atoms. The summed E-state index contributed by atoms with van der Waals surface area (Å²) in [4.78, 5) is 14.8. The standard InChI is InChI=1S/C14H11NO2/c1-17-9-6-7-11-10-4-2-3-5-12(10)14(16)15-13(11)8-9/h2-8H,1H3,(H,15,16). The van der Waals surface area contributed by atoms with Crippen molar-refractivity contribution in [3.05, 3.63) is 52.8 Å². The lowest BCUT2D eigenvalue weighted by molar-refractivity contribution is 0.415. The van der Waals surface area contributed by atoms with E-state index in [2.05, 4.69) is 4.98 Å². The molecule has 3 heteroatoms. The van der Waals surface area contributed by atoms with E-state index >= 15 is 0 Å². The molecule has 3 rings (SSSR count). The van der Waals surface area contributed by atoms with E-state index in [1.54, 1.807) is 7.11 Å². The third kappa shape index (κ3) is 1.47. The van der Waals surface area contributed by atoms with Crippen molar-refractivity contribution in [1.82, 2.24) is 4.98 Å². The van der Waals surface area contributed by atoms with Crippen LogP contribution < -0.4 is 10.3 Å². The molecule has 3 nitrogen and oxygen atoms in total. The van der Waals surface area contributed by atoms with E-state index in [0.717, 1.165) is 22.0 Å². The zero-order chi connectivity index (χ0) is 11.8. The van der Waals surface area contributed by atoms with Crippen LogP contribution in [0, 0.1) is 0 Å². The van der Waals surface area contributed by atoms with Crippen molar-refractivity contribution in [2.75, 3.05) is 7.11 Å². The molecule has 0 spiro atoms. The van der Waals surface area contributed by atoms with Gasteiger partial charge in [0.25, 0.3) is 5.56 Å². The van der Waals surface area contributed by atoms with Gasteiger partial charge >= 0.3 is 0 Å². The van der Waals surface area contributed by atoms with Crippen molar-refractivity contribution in [2.24, 2.45) is 0 Å². The molecule has 0 saturated heterocycles. The summed E-state index contributed by atoms with van der Waals surface area (Å²) in [6.45, 7) is 0. The van der Waals surface area contributed by atoms with E-state index in [1.165, 1.54) is 0 Å². The van der Waals surface area contributed by atoms with Gasteiger partial charge in [0, 0.05) is 16.8 Å². The minimum atomic E-state index is -0.0682. The third-order valence-electron chi connectivity index (χ3n) is 2.94. The summed E-state index contributed by atoms with van der Waals surface area (Å²) >= 11 is 0. The Labute approximate surface area is 97.7 Å². The fourth-order valence-corrected chi connectivity index (χ4v) is 2.09. The first-order valence-corrected chi connectivity index (χ1v) is 5.38. The summed E-state index contributed by atoms with van der Waals surface area (Å²) in [6, 6.07) is 13.3. The molecule has 1 heterocycles. The highest BCUT2D eigenvalue weighted by Crippen LogP contribution is 2.24. The second-order valence-corrected chi connectivity index (χ2v) is 3.91. The summed E-state index contributed by atoms with van der Waals surface area (Å²) in [5, 5.41) is 2.71. The minimum absolute atomic E-state index is 0.0682. The Kier molecular flexibility index (Phi) is 2.11. The van der Waals surface area contributed by atoms with E-state index in [-0.39, 0.29) is 5.56 Å². The number of rotatable bonds is 1. The molecule has 0 aliphatic heterocycles. The number of H-pyrrole nitrogens is 1. The molecule has 0 unspecified atom stereocenters. The summed E-state index contributed by atoms with van der Waals surface area (Å²) in [5.41, 5.74) is 0.731. The summed E-state index contributed by atoms with van der Waals surface area (Å²) < 4.78 is 5.15. The van der Waals surface area contributed by atoms with Crippen LogP contribution in [-0.4, -0.2) is 12.1 Å². The molecule has 0 atom stereocenters. The van der Waals surface area contributed by atoms with Gasteiger partial charge in [-0.1, -0.05) is 18.2 Å². The number of methoxy groups -OCH3 is 1. The fourth-order valence-electron chi connectivity index (χ4n) is 2.09. The fraction of sp³-hybridized carbons (Fsp3) is 0.0714.